The van der Waals surface area contributed by atoms with Gasteiger partial charge in [0.15, 0.2) is 16.7 Å². The first kappa shape index (κ1) is 20.3. The molecule has 31 heavy (non-hydrogen) atoms. The number of carbonyl (C=O) groups excluding carboxylic acids is 1. The second-order valence-electron chi connectivity index (χ2n) is 8.15. The molecule has 1 amide bonds. The Balaban J connectivity index is 1.65. The summed E-state index contributed by atoms with van der Waals surface area (Å²) in [6.07, 6.45) is 1.57. The van der Waals surface area contributed by atoms with Gasteiger partial charge in [-0.25, -0.2) is 4.39 Å². The number of aromatic nitrogens is 1. The molecule has 1 atom stereocenters. The molecule has 0 radical (unpaired) electrons. The molecule has 3 aliphatic heterocycles. The zero-order valence-electron chi connectivity index (χ0n) is 17.5. The van der Waals surface area contributed by atoms with Crippen molar-refractivity contribution in [3.05, 3.63) is 33.9 Å². The SMILES string of the molecule is CC1COc2c(N3CCN(C)CC3)c(F)cc3c(=O)c(C(=O)NC4=NCCS4)cn1c23. The number of benzene rings is 1. The number of amides is 1. The van der Waals surface area contributed by atoms with Crippen LogP contribution < -0.4 is 20.4 Å². The molecule has 10 heteroatoms. The quantitative estimate of drug-likeness (QED) is 0.758. The van der Waals surface area contributed by atoms with Gasteiger partial charge in [0.2, 0.25) is 5.43 Å². The summed E-state index contributed by atoms with van der Waals surface area (Å²) in [5.41, 5.74) is 0.419. The Labute approximate surface area is 183 Å². The number of halogens is 1. The van der Waals surface area contributed by atoms with Gasteiger partial charge in [0.05, 0.1) is 23.5 Å². The number of hydrogen-bond acceptors (Lipinski definition) is 7. The lowest BCUT2D eigenvalue weighted by atomic mass is 10.0. The molecule has 2 aromatic rings. The summed E-state index contributed by atoms with van der Waals surface area (Å²) in [6.45, 7) is 5.91. The van der Waals surface area contributed by atoms with Crippen molar-refractivity contribution >= 4 is 39.4 Å². The molecule has 0 saturated carbocycles. The van der Waals surface area contributed by atoms with E-state index in [2.05, 4.69) is 15.2 Å². The van der Waals surface area contributed by atoms with Crippen molar-refractivity contribution in [2.45, 2.75) is 13.0 Å². The monoisotopic (exact) mass is 445 g/mol. The molecule has 1 saturated heterocycles. The van der Waals surface area contributed by atoms with Gasteiger partial charge in [-0.15, -0.1) is 0 Å². The van der Waals surface area contributed by atoms with Crippen molar-refractivity contribution in [2.24, 2.45) is 4.99 Å². The van der Waals surface area contributed by atoms with Gasteiger partial charge < -0.3 is 24.4 Å². The minimum atomic E-state index is -0.521. The van der Waals surface area contributed by atoms with Crippen LogP contribution in [-0.4, -0.2) is 72.7 Å². The molecular weight excluding hydrogens is 421 g/mol. The average molecular weight is 446 g/mol. The molecule has 0 bridgehead atoms. The minimum Gasteiger partial charge on any atom is -0.487 e. The lowest BCUT2D eigenvalue weighted by molar-refractivity contribution is 0.0976. The van der Waals surface area contributed by atoms with E-state index in [-0.39, 0.29) is 17.0 Å². The van der Waals surface area contributed by atoms with E-state index < -0.39 is 17.2 Å². The number of carbonyl (C=O) groups is 1. The molecule has 0 aliphatic carbocycles. The van der Waals surface area contributed by atoms with Gasteiger partial charge in [0, 0.05) is 38.1 Å². The molecule has 0 spiro atoms. The molecule has 8 nitrogen and oxygen atoms in total. The summed E-state index contributed by atoms with van der Waals surface area (Å²) in [4.78, 5) is 34.4. The molecule has 1 N–H and O–H groups in total. The first-order chi connectivity index (χ1) is 14.9. The van der Waals surface area contributed by atoms with Crippen molar-refractivity contribution in [1.82, 2.24) is 14.8 Å². The molecular formula is C21H24FN5O3S. The van der Waals surface area contributed by atoms with E-state index >= 15 is 4.39 Å². The highest BCUT2D eigenvalue weighted by Gasteiger charge is 2.31. The topological polar surface area (TPSA) is 79.2 Å². The third kappa shape index (κ3) is 3.47. The predicted octanol–water partition coefficient (Wildman–Crippen LogP) is 1.68. The fourth-order valence-electron chi connectivity index (χ4n) is 4.27. The third-order valence-corrected chi connectivity index (χ3v) is 6.90. The maximum absolute atomic E-state index is 15.3. The van der Waals surface area contributed by atoms with Crippen LogP contribution in [0.1, 0.15) is 23.3 Å². The maximum Gasteiger partial charge on any atom is 0.262 e. The molecule has 1 unspecified atom stereocenters. The summed E-state index contributed by atoms with van der Waals surface area (Å²) in [5, 5.41) is 3.37. The van der Waals surface area contributed by atoms with E-state index in [1.54, 1.807) is 6.20 Å². The Morgan fingerprint density at radius 3 is 2.81 bits per heavy atom. The summed E-state index contributed by atoms with van der Waals surface area (Å²) >= 11 is 1.44. The second kappa shape index (κ2) is 7.83. The van der Waals surface area contributed by atoms with Gasteiger partial charge in [0.1, 0.15) is 17.9 Å². The first-order valence-corrected chi connectivity index (χ1v) is 11.4. The van der Waals surface area contributed by atoms with Crippen LogP contribution >= 0.6 is 11.8 Å². The number of nitrogens with zero attached hydrogens (tertiary/aromatic N) is 4. The number of anilines is 1. The highest BCUT2D eigenvalue weighted by atomic mass is 32.2. The van der Waals surface area contributed by atoms with E-state index in [1.165, 1.54) is 17.8 Å². The Hall–Kier alpha value is -2.59. The summed E-state index contributed by atoms with van der Waals surface area (Å²) < 4.78 is 23.2. The van der Waals surface area contributed by atoms with E-state index in [1.807, 2.05) is 23.4 Å². The van der Waals surface area contributed by atoms with Crippen molar-refractivity contribution in [1.29, 1.82) is 0 Å². The van der Waals surface area contributed by atoms with E-state index in [9.17, 15) is 9.59 Å². The van der Waals surface area contributed by atoms with Gasteiger partial charge >= 0.3 is 0 Å². The van der Waals surface area contributed by atoms with Gasteiger partial charge in [-0.3, -0.25) is 14.6 Å². The fourth-order valence-corrected chi connectivity index (χ4v) is 5.00. The number of likely N-dealkylation sites (N-methyl/N-ethyl adjacent to an activating group) is 1. The van der Waals surface area contributed by atoms with Crippen LogP contribution in [0.2, 0.25) is 0 Å². The Bertz CT molecular complexity index is 1160. The summed E-state index contributed by atoms with van der Waals surface area (Å²) in [6, 6.07) is 1.15. The zero-order chi connectivity index (χ0) is 21.7. The van der Waals surface area contributed by atoms with E-state index in [4.69, 9.17) is 4.74 Å². The van der Waals surface area contributed by atoms with Gasteiger partial charge in [0.25, 0.3) is 5.91 Å². The maximum atomic E-state index is 15.3. The largest absolute Gasteiger partial charge is 0.487 e. The summed E-state index contributed by atoms with van der Waals surface area (Å²) in [7, 11) is 2.04. The number of ether oxygens (including phenoxy) is 1. The molecule has 1 fully saturated rings. The molecule has 4 heterocycles. The van der Waals surface area contributed by atoms with Crippen LogP contribution in [0.4, 0.5) is 10.1 Å². The molecule has 1 aromatic heterocycles. The van der Waals surface area contributed by atoms with Gasteiger partial charge in [-0.2, -0.15) is 0 Å². The van der Waals surface area contributed by atoms with Gasteiger partial charge in [-0.05, 0) is 20.0 Å². The van der Waals surface area contributed by atoms with Crippen LogP contribution in [0.25, 0.3) is 10.9 Å². The van der Waals surface area contributed by atoms with Crippen LogP contribution in [0.3, 0.4) is 0 Å². The first-order valence-electron chi connectivity index (χ1n) is 10.4. The standard InChI is InChI=1S/C21H24FN5O3S/c1-12-11-30-19-16-13(9-15(22)17(19)26-6-4-25(2)5-7-26)18(28)14(10-27(12)16)20(29)24-21-23-3-8-31-21/h9-10,12H,3-8,11H2,1-2H3,(H,23,24,29). The van der Waals surface area contributed by atoms with E-state index in [0.717, 1.165) is 18.8 Å². The number of piperazine rings is 1. The minimum absolute atomic E-state index is 0.0193. The second-order valence-corrected chi connectivity index (χ2v) is 9.23. The smallest absolute Gasteiger partial charge is 0.262 e. The van der Waals surface area contributed by atoms with Crippen LogP contribution in [0, 0.1) is 5.82 Å². The zero-order valence-corrected chi connectivity index (χ0v) is 18.3. The molecule has 5 rings (SSSR count). The molecule has 164 valence electrons. The number of nitrogens with one attached hydrogen (secondary N) is 1. The van der Waals surface area contributed by atoms with E-state index in [0.29, 0.717) is 48.4 Å². The number of pyridine rings is 1. The van der Waals surface area contributed by atoms with Crippen LogP contribution in [0.5, 0.6) is 5.75 Å². The number of aliphatic imine (C=N–C) groups is 1. The Morgan fingerprint density at radius 1 is 1.32 bits per heavy atom. The summed E-state index contributed by atoms with van der Waals surface area (Å²) in [5.74, 6) is 0.166. The highest BCUT2D eigenvalue weighted by Crippen LogP contribution is 2.42. The lowest BCUT2D eigenvalue weighted by Gasteiger charge is -2.37. The number of rotatable bonds is 2. The number of hydrogen-bond donors (Lipinski definition) is 1. The van der Waals surface area contributed by atoms with Crippen molar-refractivity contribution in [3.63, 3.8) is 0 Å². The van der Waals surface area contributed by atoms with Crippen LogP contribution in [-0.2, 0) is 0 Å². The Morgan fingerprint density at radius 2 is 2.10 bits per heavy atom. The lowest BCUT2D eigenvalue weighted by Crippen LogP contribution is -2.45. The highest BCUT2D eigenvalue weighted by molar-refractivity contribution is 8.14. The van der Waals surface area contributed by atoms with Crippen molar-refractivity contribution < 1.29 is 13.9 Å². The molecule has 3 aliphatic rings. The number of thioether (sulfide) groups is 1. The average Bonchev–Trinajstić information content (AvgIpc) is 3.26. The number of amidine groups is 1. The third-order valence-electron chi connectivity index (χ3n) is 6.01. The van der Waals surface area contributed by atoms with Crippen molar-refractivity contribution in [2.75, 3.05) is 57.0 Å². The predicted molar refractivity (Wildman–Crippen MR) is 120 cm³/mol. The van der Waals surface area contributed by atoms with Crippen molar-refractivity contribution in [3.8, 4) is 5.75 Å². The normalized spacial score (nSPS) is 21.2. The van der Waals surface area contributed by atoms with Gasteiger partial charge in [-0.1, -0.05) is 11.8 Å². The molecule has 1 aromatic carbocycles. The fraction of sp³-hybridized carbons (Fsp3) is 0.476. The van der Waals surface area contributed by atoms with Crippen LogP contribution in [0.15, 0.2) is 22.1 Å². The Kier molecular flexibility index (Phi) is 5.13.